The number of carbonyl (C=O) groups excluding carboxylic acids is 1. The first-order chi connectivity index (χ1) is 8.56. The van der Waals surface area contributed by atoms with Crippen molar-refractivity contribution in [3.63, 3.8) is 0 Å². The van der Waals surface area contributed by atoms with Gasteiger partial charge in [0.2, 0.25) is 0 Å². The van der Waals surface area contributed by atoms with E-state index >= 15 is 0 Å². The van der Waals surface area contributed by atoms with Gasteiger partial charge in [-0.15, -0.1) is 0 Å². The Bertz CT molecular complexity index is 373. The van der Waals surface area contributed by atoms with Crippen LogP contribution >= 0.6 is 0 Å². The van der Waals surface area contributed by atoms with Crippen LogP contribution in [0.2, 0.25) is 0 Å². The maximum Gasteiger partial charge on any atom is 0.341 e. The summed E-state index contributed by atoms with van der Waals surface area (Å²) >= 11 is 0. The number of aliphatic hydroxyl groups excluding tert-OH is 1. The van der Waals surface area contributed by atoms with E-state index in [1.807, 2.05) is 0 Å². The Balaban J connectivity index is 2.47. The van der Waals surface area contributed by atoms with Crippen LogP contribution in [0.4, 0.5) is 0 Å². The second-order valence-electron chi connectivity index (χ2n) is 4.68. The van der Waals surface area contributed by atoms with Gasteiger partial charge in [0.1, 0.15) is 12.0 Å². The normalized spacial score (nSPS) is 12.7. The number of hydrogen-bond acceptors (Lipinski definition) is 5. The number of carbonyl (C=O) groups is 1. The number of aliphatic hydroxyl groups is 1. The second kappa shape index (κ2) is 7.18. The maximum absolute atomic E-state index is 11.2. The number of nitrogens with one attached hydrogen (secondary N) is 1. The lowest BCUT2D eigenvalue weighted by Crippen LogP contribution is -2.33. The third-order valence-corrected chi connectivity index (χ3v) is 2.62. The van der Waals surface area contributed by atoms with Crippen LogP contribution in [0.3, 0.4) is 0 Å². The highest BCUT2D eigenvalue weighted by Gasteiger charge is 2.12. The van der Waals surface area contributed by atoms with Gasteiger partial charge in [0.05, 0.1) is 25.8 Å². The quantitative estimate of drug-likeness (QED) is 0.723. The maximum atomic E-state index is 11.2. The topological polar surface area (TPSA) is 71.7 Å². The highest BCUT2D eigenvalue weighted by atomic mass is 16.5. The Kier molecular flexibility index (Phi) is 5.88. The van der Waals surface area contributed by atoms with Crippen molar-refractivity contribution < 1.29 is 19.1 Å². The molecule has 1 unspecified atom stereocenters. The fourth-order valence-corrected chi connectivity index (χ4v) is 1.73. The zero-order chi connectivity index (χ0) is 13.5. The third-order valence-electron chi connectivity index (χ3n) is 2.62. The summed E-state index contributed by atoms with van der Waals surface area (Å²) in [4.78, 5) is 11.2. The first kappa shape index (κ1) is 14.7. The first-order valence-corrected chi connectivity index (χ1v) is 6.06. The van der Waals surface area contributed by atoms with Crippen LogP contribution in [0.1, 0.15) is 36.4 Å². The Hall–Kier alpha value is -1.33. The van der Waals surface area contributed by atoms with E-state index in [9.17, 15) is 9.90 Å². The van der Waals surface area contributed by atoms with E-state index < -0.39 is 5.97 Å². The molecule has 0 radical (unpaired) electrons. The Morgan fingerprint density at radius 3 is 2.83 bits per heavy atom. The summed E-state index contributed by atoms with van der Waals surface area (Å²) in [6.45, 7) is 4.77. The van der Waals surface area contributed by atoms with Crippen molar-refractivity contribution in [1.82, 2.24) is 5.32 Å². The van der Waals surface area contributed by atoms with Crippen LogP contribution in [0.25, 0.3) is 0 Å². The first-order valence-electron chi connectivity index (χ1n) is 6.06. The smallest absolute Gasteiger partial charge is 0.341 e. The Morgan fingerprint density at radius 2 is 2.28 bits per heavy atom. The Morgan fingerprint density at radius 1 is 1.56 bits per heavy atom. The summed E-state index contributed by atoms with van der Waals surface area (Å²) < 4.78 is 9.83. The lowest BCUT2D eigenvalue weighted by atomic mass is 10.0. The molecule has 1 heterocycles. The van der Waals surface area contributed by atoms with Gasteiger partial charge >= 0.3 is 5.97 Å². The molecule has 1 atom stereocenters. The molecule has 0 bridgehead atoms. The largest absolute Gasteiger partial charge is 0.467 e. The van der Waals surface area contributed by atoms with Crippen molar-refractivity contribution in [1.29, 1.82) is 0 Å². The number of esters is 1. The molecule has 2 N–H and O–H groups in total. The van der Waals surface area contributed by atoms with Gasteiger partial charge in [-0.3, -0.25) is 0 Å². The lowest BCUT2D eigenvalue weighted by molar-refractivity contribution is 0.0600. The fourth-order valence-electron chi connectivity index (χ4n) is 1.73. The number of methoxy groups -OCH3 is 1. The summed E-state index contributed by atoms with van der Waals surface area (Å²) in [6.07, 6.45) is 2.26. The van der Waals surface area contributed by atoms with Crippen molar-refractivity contribution in [2.24, 2.45) is 5.92 Å². The number of furan rings is 1. The molecule has 18 heavy (non-hydrogen) atoms. The van der Waals surface area contributed by atoms with Gasteiger partial charge in [-0.1, -0.05) is 13.8 Å². The van der Waals surface area contributed by atoms with E-state index in [4.69, 9.17) is 4.42 Å². The molecule has 0 aliphatic heterocycles. The molecule has 0 aromatic carbocycles. The molecule has 0 fully saturated rings. The van der Waals surface area contributed by atoms with Gasteiger partial charge in [0.25, 0.3) is 0 Å². The van der Waals surface area contributed by atoms with Crippen molar-refractivity contribution in [2.75, 3.05) is 13.7 Å². The summed E-state index contributed by atoms with van der Waals surface area (Å²) in [5.41, 5.74) is 0.402. The van der Waals surface area contributed by atoms with Gasteiger partial charge in [-0.25, -0.2) is 4.79 Å². The van der Waals surface area contributed by atoms with Gasteiger partial charge in [0.15, 0.2) is 0 Å². The van der Waals surface area contributed by atoms with Crippen LogP contribution in [0, 0.1) is 5.92 Å². The summed E-state index contributed by atoms with van der Waals surface area (Å²) in [5, 5.41) is 12.4. The predicted octanol–water partition coefficient (Wildman–Crippen LogP) is 1.56. The van der Waals surface area contributed by atoms with E-state index in [1.165, 1.54) is 13.4 Å². The SMILES string of the molecule is COC(=O)c1coc(CNC(CO)CC(C)C)c1. The molecule has 0 spiro atoms. The van der Waals surface area contributed by atoms with Crippen molar-refractivity contribution >= 4 is 5.97 Å². The van der Waals surface area contributed by atoms with E-state index in [2.05, 4.69) is 23.9 Å². The fraction of sp³-hybridized carbons (Fsp3) is 0.615. The van der Waals surface area contributed by atoms with E-state index in [-0.39, 0.29) is 12.6 Å². The molecule has 0 aliphatic rings. The number of ether oxygens (including phenoxy) is 1. The van der Waals surface area contributed by atoms with Crippen molar-refractivity contribution in [2.45, 2.75) is 32.9 Å². The van der Waals surface area contributed by atoms with E-state index in [1.54, 1.807) is 6.07 Å². The van der Waals surface area contributed by atoms with Gasteiger partial charge in [0, 0.05) is 6.04 Å². The zero-order valence-corrected chi connectivity index (χ0v) is 11.1. The highest BCUT2D eigenvalue weighted by molar-refractivity contribution is 5.88. The van der Waals surface area contributed by atoms with Crippen LogP contribution in [-0.2, 0) is 11.3 Å². The average Bonchev–Trinajstić information content (AvgIpc) is 2.81. The van der Waals surface area contributed by atoms with Gasteiger partial charge in [-0.2, -0.15) is 0 Å². The van der Waals surface area contributed by atoms with Crippen LogP contribution in [-0.4, -0.2) is 30.8 Å². The molecule has 1 rings (SSSR count). The molecule has 0 amide bonds. The molecule has 0 saturated carbocycles. The lowest BCUT2D eigenvalue weighted by Gasteiger charge is -2.17. The standard InChI is InChI=1S/C13H21NO4/c1-9(2)4-11(7-15)14-6-12-5-10(8-18-12)13(16)17-3/h5,8-9,11,14-15H,4,6-7H2,1-3H3. The monoisotopic (exact) mass is 255 g/mol. The highest BCUT2D eigenvalue weighted by Crippen LogP contribution is 2.10. The average molecular weight is 255 g/mol. The molecule has 102 valence electrons. The second-order valence-corrected chi connectivity index (χ2v) is 4.68. The Labute approximate surface area is 107 Å². The minimum Gasteiger partial charge on any atom is -0.467 e. The number of hydrogen-bond donors (Lipinski definition) is 2. The summed E-state index contributed by atoms with van der Waals surface area (Å²) in [7, 11) is 1.33. The van der Waals surface area contributed by atoms with Gasteiger partial charge < -0.3 is 19.6 Å². The van der Waals surface area contributed by atoms with Crippen molar-refractivity contribution in [3.05, 3.63) is 23.7 Å². The summed E-state index contributed by atoms with van der Waals surface area (Å²) in [6, 6.07) is 1.68. The van der Waals surface area contributed by atoms with Gasteiger partial charge in [-0.05, 0) is 18.4 Å². The molecule has 1 aromatic heterocycles. The molecule has 1 aromatic rings. The molecule has 5 heteroatoms. The van der Waals surface area contributed by atoms with Crippen LogP contribution in [0.15, 0.2) is 16.7 Å². The van der Waals surface area contributed by atoms with Crippen molar-refractivity contribution in [3.8, 4) is 0 Å². The van der Waals surface area contributed by atoms with E-state index in [0.717, 1.165) is 6.42 Å². The minimum absolute atomic E-state index is 0.0386. The zero-order valence-electron chi connectivity index (χ0n) is 11.1. The molecule has 0 saturated heterocycles. The third kappa shape index (κ3) is 4.50. The molecule has 5 nitrogen and oxygen atoms in total. The molecule has 0 aliphatic carbocycles. The molecular weight excluding hydrogens is 234 g/mol. The van der Waals surface area contributed by atoms with Crippen LogP contribution < -0.4 is 5.32 Å². The van der Waals surface area contributed by atoms with E-state index in [0.29, 0.717) is 23.8 Å². The molecular formula is C13H21NO4. The number of rotatable bonds is 7. The minimum atomic E-state index is -0.411. The van der Waals surface area contributed by atoms with Crippen LogP contribution in [0.5, 0.6) is 0 Å². The predicted molar refractivity (Wildman–Crippen MR) is 67.2 cm³/mol. The summed E-state index contributed by atoms with van der Waals surface area (Å²) in [5.74, 6) is 0.750.